The van der Waals surface area contributed by atoms with Crippen LogP contribution in [0.5, 0.6) is 0 Å². The molecule has 2 N–H and O–H groups in total. The summed E-state index contributed by atoms with van der Waals surface area (Å²) in [5.74, 6) is -1.69. The molecule has 21 heavy (non-hydrogen) atoms. The predicted octanol–water partition coefficient (Wildman–Crippen LogP) is 1.02. The molecule has 114 valence electrons. The van der Waals surface area contributed by atoms with Crippen molar-refractivity contribution in [3.8, 4) is 0 Å². The molecule has 0 bridgehead atoms. The van der Waals surface area contributed by atoms with E-state index in [1.54, 1.807) is 6.92 Å². The number of ketones is 1. The number of ether oxygens (including phenoxy) is 1. The van der Waals surface area contributed by atoms with Crippen LogP contribution in [0.4, 0.5) is 0 Å². The average molecular weight is 311 g/mol. The summed E-state index contributed by atoms with van der Waals surface area (Å²) in [6, 6.07) is 5.13. The summed E-state index contributed by atoms with van der Waals surface area (Å²) in [6.45, 7) is 1.88. The third-order valence-corrected chi connectivity index (χ3v) is 3.07. The van der Waals surface area contributed by atoms with Gasteiger partial charge in [0.25, 0.3) is 0 Å². The van der Waals surface area contributed by atoms with Crippen LogP contribution >= 0.6 is 12.6 Å². The van der Waals surface area contributed by atoms with Crippen molar-refractivity contribution in [3.63, 3.8) is 0 Å². The zero-order chi connectivity index (χ0) is 15.8. The number of Topliss-reactive ketones (excluding diaryl/α,β-unsaturated/α-hetero) is 1. The molecule has 0 aliphatic heterocycles. The molecule has 0 saturated heterocycles. The molecular formula is C14H17NO5S. The smallest absolute Gasteiger partial charge is 0.338 e. The number of carbonyl (C=O) groups excluding carboxylic acids is 2. The summed E-state index contributed by atoms with van der Waals surface area (Å²) >= 11 is 3.89. The first-order valence-corrected chi connectivity index (χ1v) is 7.00. The number of esters is 1. The standard InChI is InChI=1S/C14H17NO5S/c1-2-20-14(19)10-5-3-9(4-6-10)12(16)7-15-11(8-21)13(17)18/h3-6,11,15,21H,2,7-8H2,1H3,(H,17,18). The Morgan fingerprint density at radius 3 is 2.29 bits per heavy atom. The van der Waals surface area contributed by atoms with Crippen molar-refractivity contribution in [2.24, 2.45) is 0 Å². The molecule has 0 aromatic heterocycles. The van der Waals surface area contributed by atoms with Gasteiger partial charge in [-0.25, -0.2) is 4.79 Å². The molecular weight excluding hydrogens is 294 g/mol. The maximum atomic E-state index is 11.9. The number of aliphatic carboxylic acids is 1. The molecule has 0 aliphatic carbocycles. The Morgan fingerprint density at radius 2 is 1.81 bits per heavy atom. The molecule has 1 rings (SSSR count). The number of benzene rings is 1. The summed E-state index contributed by atoms with van der Waals surface area (Å²) < 4.78 is 4.84. The minimum absolute atomic E-state index is 0.0877. The van der Waals surface area contributed by atoms with Crippen LogP contribution in [-0.4, -0.2) is 47.8 Å². The van der Waals surface area contributed by atoms with Crippen LogP contribution in [0.1, 0.15) is 27.6 Å². The highest BCUT2D eigenvalue weighted by Crippen LogP contribution is 2.07. The van der Waals surface area contributed by atoms with E-state index in [0.29, 0.717) is 11.1 Å². The molecule has 0 heterocycles. The summed E-state index contributed by atoms with van der Waals surface area (Å²) in [7, 11) is 0. The number of nitrogens with one attached hydrogen (secondary N) is 1. The fourth-order valence-electron chi connectivity index (χ4n) is 1.55. The quantitative estimate of drug-likeness (QED) is 0.377. The molecule has 1 atom stereocenters. The normalized spacial score (nSPS) is 11.7. The van der Waals surface area contributed by atoms with Crippen molar-refractivity contribution in [2.75, 3.05) is 18.9 Å². The van der Waals surface area contributed by atoms with Crippen LogP contribution in [0, 0.1) is 0 Å². The summed E-state index contributed by atoms with van der Waals surface area (Å²) in [6.07, 6.45) is 0. The average Bonchev–Trinajstić information content (AvgIpc) is 2.47. The first-order chi connectivity index (χ1) is 9.99. The van der Waals surface area contributed by atoms with Crippen molar-refractivity contribution in [3.05, 3.63) is 35.4 Å². The van der Waals surface area contributed by atoms with E-state index in [-0.39, 0.29) is 24.7 Å². The highest BCUT2D eigenvalue weighted by atomic mass is 32.1. The van der Waals surface area contributed by atoms with E-state index in [4.69, 9.17) is 9.84 Å². The second-order valence-corrected chi connectivity index (χ2v) is 4.54. The second kappa shape index (κ2) is 8.43. The molecule has 0 spiro atoms. The van der Waals surface area contributed by atoms with Crippen LogP contribution in [0.25, 0.3) is 0 Å². The van der Waals surface area contributed by atoms with E-state index in [0.717, 1.165) is 0 Å². The van der Waals surface area contributed by atoms with Gasteiger partial charge in [0.05, 0.1) is 18.7 Å². The molecule has 7 heteroatoms. The Morgan fingerprint density at radius 1 is 1.24 bits per heavy atom. The number of thiol groups is 1. The van der Waals surface area contributed by atoms with Gasteiger partial charge < -0.3 is 9.84 Å². The van der Waals surface area contributed by atoms with Crippen LogP contribution in [0.15, 0.2) is 24.3 Å². The monoisotopic (exact) mass is 311 g/mol. The summed E-state index contributed by atoms with van der Waals surface area (Å²) in [5.41, 5.74) is 0.749. The van der Waals surface area contributed by atoms with Gasteiger partial charge in [0.2, 0.25) is 0 Å². The van der Waals surface area contributed by atoms with E-state index in [1.165, 1.54) is 24.3 Å². The fraction of sp³-hybridized carbons (Fsp3) is 0.357. The fourth-order valence-corrected chi connectivity index (χ4v) is 1.84. The van der Waals surface area contributed by atoms with E-state index in [9.17, 15) is 14.4 Å². The van der Waals surface area contributed by atoms with Gasteiger partial charge >= 0.3 is 11.9 Å². The lowest BCUT2D eigenvalue weighted by Crippen LogP contribution is -2.41. The highest BCUT2D eigenvalue weighted by Gasteiger charge is 2.16. The minimum atomic E-state index is -1.06. The van der Waals surface area contributed by atoms with Gasteiger partial charge in [-0.3, -0.25) is 14.9 Å². The predicted molar refractivity (Wildman–Crippen MR) is 80.0 cm³/mol. The van der Waals surface area contributed by atoms with Gasteiger partial charge in [-0.1, -0.05) is 12.1 Å². The van der Waals surface area contributed by atoms with Crippen LogP contribution < -0.4 is 5.32 Å². The second-order valence-electron chi connectivity index (χ2n) is 4.18. The molecule has 1 aromatic rings. The first kappa shape index (κ1) is 17.2. The molecule has 1 unspecified atom stereocenters. The van der Waals surface area contributed by atoms with Gasteiger partial charge in [0.1, 0.15) is 6.04 Å². The maximum Gasteiger partial charge on any atom is 0.338 e. The van der Waals surface area contributed by atoms with Crippen molar-refractivity contribution in [1.29, 1.82) is 0 Å². The molecule has 0 amide bonds. The van der Waals surface area contributed by atoms with Crippen molar-refractivity contribution < 1.29 is 24.2 Å². The number of carbonyl (C=O) groups is 3. The third-order valence-electron chi connectivity index (χ3n) is 2.71. The molecule has 0 aliphatic rings. The molecule has 0 saturated carbocycles. The van der Waals surface area contributed by atoms with Crippen molar-refractivity contribution in [1.82, 2.24) is 5.32 Å². The van der Waals surface area contributed by atoms with E-state index in [1.807, 2.05) is 0 Å². The van der Waals surface area contributed by atoms with Gasteiger partial charge in [-0.2, -0.15) is 12.6 Å². The number of carboxylic acids is 1. The molecule has 0 fully saturated rings. The number of hydrogen-bond donors (Lipinski definition) is 3. The number of hydrogen-bond acceptors (Lipinski definition) is 6. The zero-order valence-corrected chi connectivity index (χ0v) is 12.4. The Hall–Kier alpha value is -1.86. The largest absolute Gasteiger partial charge is 0.480 e. The van der Waals surface area contributed by atoms with Gasteiger partial charge in [-0.05, 0) is 19.1 Å². The third kappa shape index (κ3) is 5.20. The van der Waals surface area contributed by atoms with Gasteiger partial charge in [-0.15, -0.1) is 0 Å². The minimum Gasteiger partial charge on any atom is -0.480 e. The summed E-state index contributed by atoms with van der Waals surface area (Å²) in [5, 5.41) is 11.4. The summed E-state index contributed by atoms with van der Waals surface area (Å²) in [4.78, 5) is 34.1. The lowest BCUT2D eigenvalue weighted by molar-refractivity contribution is -0.138. The van der Waals surface area contributed by atoms with Crippen LogP contribution in [0.3, 0.4) is 0 Å². The van der Waals surface area contributed by atoms with Crippen LogP contribution in [0.2, 0.25) is 0 Å². The Bertz CT molecular complexity index is 515. The topological polar surface area (TPSA) is 92.7 Å². The Labute approximate surface area is 127 Å². The first-order valence-electron chi connectivity index (χ1n) is 6.37. The Balaban J connectivity index is 2.63. The van der Waals surface area contributed by atoms with Crippen molar-refractivity contribution in [2.45, 2.75) is 13.0 Å². The number of carboxylic acid groups (broad SMARTS) is 1. The van der Waals surface area contributed by atoms with E-state index < -0.39 is 18.0 Å². The van der Waals surface area contributed by atoms with Crippen molar-refractivity contribution >= 4 is 30.4 Å². The lowest BCUT2D eigenvalue weighted by atomic mass is 10.1. The van der Waals surface area contributed by atoms with Gasteiger partial charge in [0.15, 0.2) is 5.78 Å². The number of rotatable bonds is 8. The van der Waals surface area contributed by atoms with E-state index in [2.05, 4.69) is 17.9 Å². The SMILES string of the molecule is CCOC(=O)c1ccc(C(=O)CNC(CS)C(=O)O)cc1. The van der Waals surface area contributed by atoms with Gasteiger partial charge in [0, 0.05) is 11.3 Å². The highest BCUT2D eigenvalue weighted by molar-refractivity contribution is 7.80. The molecule has 0 radical (unpaired) electrons. The van der Waals surface area contributed by atoms with Crippen LogP contribution in [-0.2, 0) is 9.53 Å². The van der Waals surface area contributed by atoms with E-state index >= 15 is 0 Å². The zero-order valence-electron chi connectivity index (χ0n) is 11.5. The molecule has 1 aromatic carbocycles. The lowest BCUT2D eigenvalue weighted by Gasteiger charge is -2.11. The molecule has 6 nitrogen and oxygen atoms in total. The maximum absolute atomic E-state index is 11.9. The Kier molecular flexibility index (Phi) is 6.90.